The van der Waals surface area contributed by atoms with E-state index in [-0.39, 0.29) is 42.1 Å². The Kier molecular flexibility index (Phi) is 6.77. The lowest BCUT2D eigenvalue weighted by molar-refractivity contribution is -0.143. The van der Waals surface area contributed by atoms with Crippen molar-refractivity contribution in [1.29, 1.82) is 0 Å². The van der Waals surface area contributed by atoms with Gasteiger partial charge in [-0.15, -0.1) is 0 Å². The smallest absolute Gasteiger partial charge is 0.435 e. The second-order valence-corrected chi connectivity index (χ2v) is 5.97. The normalized spacial score (nSPS) is 23.2. The quantitative estimate of drug-likeness (QED) is 0.436. The molecule has 1 amide bonds. The Labute approximate surface area is 146 Å². The van der Waals surface area contributed by atoms with Crippen molar-refractivity contribution in [3.63, 3.8) is 0 Å². The van der Waals surface area contributed by atoms with Crippen LogP contribution in [0.1, 0.15) is 26.2 Å². The number of hydrogen-bond acceptors (Lipinski definition) is 6. The van der Waals surface area contributed by atoms with Gasteiger partial charge in [0.05, 0.1) is 19.2 Å². The number of hydrogen-bond donors (Lipinski definition) is 2. The lowest BCUT2D eigenvalue weighted by Gasteiger charge is -2.40. The molecule has 0 bridgehead atoms. The molecule has 25 heavy (non-hydrogen) atoms. The number of carbonyl (C=O) groups excluding carboxylic acids is 2. The van der Waals surface area contributed by atoms with Gasteiger partial charge in [-0.1, -0.05) is 13.0 Å². The zero-order valence-electron chi connectivity index (χ0n) is 14.1. The van der Waals surface area contributed by atoms with E-state index in [1.165, 1.54) is 0 Å². The molecule has 8 nitrogen and oxygen atoms in total. The molecule has 2 aliphatic rings. The van der Waals surface area contributed by atoms with E-state index in [0.29, 0.717) is 25.8 Å². The van der Waals surface area contributed by atoms with Gasteiger partial charge < -0.3 is 29.2 Å². The van der Waals surface area contributed by atoms with Crippen molar-refractivity contribution in [1.82, 2.24) is 4.90 Å². The minimum atomic E-state index is -1.16. The molecule has 0 spiro atoms. The highest BCUT2D eigenvalue weighted by Crippen LogP contribution is 2.31. The lowest BCUT2D eigenvalue weighted by Crippen LogP contribution is -2.54. The summed E-state index contributed by atoms with van der Waals surface area (Å²) in [5.74, 6) is -1.24. The van der Waals surface area contributed by atoms with Crippen LogP contribution < -0.4 is 0 Å². The van der Waals surface area contributed by atoms with E-state index < -0.39 is 19.8 Å². The first kappa shape index (κ1) is 19.2. The van der Waals surface area contributed by atoms with Crippen molar-refractivity contribution in [2.75, 3.05) is 13.1 Å². The van der Waals surface area contributed by atoms with E-state index in [2.05, 4.69) is 0 Å². The fourth-order valence-corrected chi connectivity index (χ4v) is 2.96. The van der Waals surface area contributed by atoms with Crippen LogP contribution in [0.3, 0.4) is 0 Å². The molecule has 136 valence electrons. The van der Waals surface area contributed by atoms with Gasteiger partial charge in [-0.25, -0.2) is 4.79 Å². The number of aliphatic carboxylic acids is 1. The number of ether oxygens (including phenoxy) is 1. The lowest BCUT2D eigenvalue weighted by atomic mass is 9.87. The minimum absolute atomic E-state index is 0.0193. The molecule has 0 radical (unpaired) electrons. The van der Waals surface area contributed by atoms with Crippen LogP contribution in [0.2, 0.25) is 0 Å². The maximum Gasteiger partial charge on any atom is 0.435 e. The zero-order valence-corrected chi connectivity index (χ0v) is 14.1. The van der Waals surface area contributed by atoms with Gasteiger partial charge in [-0.3, -0.25) is 4.79 Å². The van der Waals surface area contributed by atoms with Crippen molar-refractivity contribution in [3.05, 3.63) is 23.5 Å². The SMILES string of the molecule is CCC1C=CC(OC2CN(C(=O)CCC=O)C2)=C(C(=O)O)C1OBO. The van der Waals surface area contributed by atoms with Gasteiger partial charge in [0, 0.05) is 18.8 Å². The Hall–Kier alpha value is -2.13. The minimum Gasteiger partial charge on any atom is -0.486 e. The van der Waals surface area contributed by atoms with Crippen LogP contribution in [0.4, 0.5) is 0 Å². The van der Waals surface area contributed by atoms with Crippen molar-refractivity contribution in [2.24, 2.45) is 5.92 Å². The van der Waals surface area contributed by atoms with Crippen molar-refractivity contribution in [3.8, 4) is 0 Å². The Morgan fingerprint density at radius 2 is 2.16 bits per heavy atom. The molecular weight excluding hydrogens is 329 g/mol. The summed E-state index contributed by atoms with van der Waals surface area (Å²) in [6.45, 7) is 2.61. The third-order valence-electron chi connectivity index (χ3n) is 4.36. The topological polar surface area (TPSA) is 113 Å². The largest absolute Gasteiger partial charge is 0.486 e. The molecule has 0 saturated carbocycles. The van der Waals surface area contributed by atoms with Crippen LogP contribution in [0.5, 0.6) is 0 Å². The first-order chi connectivity index (χ1) is 12.0. The highest BCUT2D eigenvalue weighted by atomic mass is 16.5. The predicted octanol–water partition coefficient (Wildman–Crippen LogP) is -0.228. The molecular formula is C16H22BNO7. The van der Waals surface area contributed by atoms with Crippen LogP contribution in [-0.2, 0) is 23.8 Å². The van der Waals surface area contributed by atoms with Crippen LogP contribution in [0, 0.1) is 5.92 Å². The summed E-state index contributed by atoms with van der Waals surface area (Å²) in [5.41, 5.74) is -0.0193. The molecule has 2 unspecified atom stereocenters. The number of nitrogens with zero attached hydrogens (tertiary/aromatic N) is 1. The van der Waals surface area contributed by atoms with E-state index in [4.69, 9.17) is 14.4 Å². The third kappa shape index (κ3) is 4.49. The Morgan fingerprint density at radius 3 is 2.72 bits per heavy atom. The Bertz CT molecular complexity index is 583. The van der Waals surface area contributed by atoms with Crippen molar-refractivity contribution in [2.45, 2.75) is 38.4 Å². The van der Waals surface area contributed by atoms with E-state index in [1.54, 1.807) is 11.0 Å². The monoisotopic (exact) mass is 351 g/mol. The number of aldehydes is 1. The van der Waals surface area contributed by atoms with Crippen LogP contribution in [-0.4, -0.2) is 66.2 Å². The fraction of sp³-hybridized carbons (Fsp3) is 0.562. The van der Waals surface area contributed by atoms with Crippen LogP contribution >= 0.6 is 0 Å². The van der Waals surface area contributed by atoms with Crippen LogP contribution in [0.25, 0.3) is 0 Å². The second kappa shape index (κ2) is 8.82. The molecule has 9 heteroatoms. The summed E-state index contributed by atoms with van der Waals surface area (Å²) in [4.78, 5) is 35.3. The molecule has 1 aliphatic heterocycles. The first-order valence-corrected chi connectivity index (χ1v) is 8.28. The number of carbonyl (C=O) groups is 3. The highest BCUT2D eigenvalue weighted by molar-refractivity contribution is 6.16. The summed E-state index contributed by atoms with van der Waals surface area (Å²) in [7, 11) is -0.582. The maximum atomic E-state index is 11.8. The standard InChI is InChI=1S/C16H22BNO7/c1-2-10-5-6-12(14(16(21)22)15(10)25-17-23)24-11-8-18(9-11)13(20)4-3-7-19/h5-7,10-11,15,17,23H,2-4,8-9H2,1H3,(H,21,22). The second-order valence-electron chi connectivity index (χ2n) is 5.97. The number of carboxylic acid groups (broad SMARTS) is 1. The number of likely N-dealkylation sites (tertiary alicyclic amines) is 1. The maximum absolute atomic E-state index is 11.8. The van der Waals surface area contributed by atoms with Gasteiger partial charge in [-0.2, -0.15) is 0 Å². The average Bonchev–Trinajstić information content (AvgIpc) is 2.55. The van der Waals surface area contributed by atoms with Gasteiger partial charge in [0.25, 0.3) is 0 Å². The number of amides is 1. The van der Waals surface area contributed by atoms with Gasteiger partial charge in [0.1, 0.15) is 23.7 Å². The van der Waals surface area contributed by atoms with E-state index >= 15 is 0 Å². The van der Waals surface area contributed by atoms with Gasteiger partial charge in [-0.05, 0) is 12.5 Å². The molecule has 0 aromatic rings. The third-order valence-corrected chi connectivity index (χ3v) is 4.36. The van der Waals surface area contributed by atoms with Crippen molar-refractivity contribution < 1.29 is 33.9 Å². The Morgan fingerprint density at radius 1 is 1.44 bits per heavy atom. The van der Waals surface area contributed by atoms with Gasteiger partial charge >= 0.3 is 13.7 Å². The summed E-state index contributed by atoms with van der Waals surface area (Å²) in [6.07, 6.45) is 4.07. The molecule has 1 aliphatic carbocycles. The van der Waals surface area contributed by atoms with Crippen LogP contribution in [0.15, 0.2) is 23.5 Å². The summed E-state index contributed by atoms with van der Waals surface area (Å²) < 4.78 is 11.0. The summed E-state index contributed by atoms with van der Waals surface area (Å²) in [5, 5.41) is 18.6. The fourth-order valence-electron chi connectivity index (χ4n) is 2.96. The molecule has 2 atom stereocenters. The molecule has 2 N–H and O–H groups in total. The number of carboxylic acids is 1. The number of allylic oxidation sites excluding steroid dienone is 1. The molecule has 0 aromatic carbocycles. The van der Waals surface area contributed by atoms with Gasteiger partial charge in [0.15, 0.2) is 0 Å². The van der Waals surface area contributed by atoms with E-state index in [1.807, 2.05) is 13.0 Å². The average molecular weight is 351 g/mol. The first-order valence-electron chi connectivity index (χ1n) is 8.28. The molecule has 0 aromatic heterocycles. The van der Waals surface area contributed by atoms with Gasteiger partial charge in [0.2, 0.25) is 5.91 Å². The van der Waals surface area contributed by atoms with E-state index in [0.717, 1.165) is 0 Å². The number of rotatable bonds is 9. The predicted molar refractivity (Wildman–Crippen MR) is 88.6 cm³/mol. The molecule has 1 fully saturated rings. The summed E-state index contributed by atoms with van der Waals surface area (Å²) in [6, 6.07) is 0. The van der Waals surface area contributed by atoms with Crippen molar-refractivity contribution >= 4 is 25.8 Å². The zero-order chi connectivity index (χ0) is 18.4. The van der Waals surface area contributed by atoms with E-state index in [9.17, 15) is 19.5 Å². The molecule has 1 heterocycles. The molecule has 2 rings (SSSR count). The Balaban J connectivity index is 2.03. The highest BCUT2D eigenvalue weighted by Gasteiger charge is 2.37. The summed E-state index contributed by atoms with van der Waals surface area (Å²) >= 11 is 0. The molecule has 1 saturated heterocycles.